The molecule has 0 N–H and O–H groups in total. The number of benzene rings is 2. The number of thioether (sulfide) groups is 1. The minimum atomic E-state index is -4.49. The fourth-order valence-corrected chi connectivity index (χ4v) is 6.04. The third kappa shape index (κ3) is 4.23. The normalized spacial score (nSPS) is 13.4. The van der Waals surface area contributed by atoms with Crippen LogP contribution in [-0.4, -0.2) is 28.7 Å². The number of fused-ring (bicyclic) bond motifs is 3. The standard InChI is InChI=1S/C24H17F4N3O2S2/c1-2-35(32,33)21-10-15(14-6-8-16(25)9-7-14)11-29-22(21)19-12-31-20-5-3-4-18(24(26,27)28)17(20)13-34-23(31)30-19/h3-12H,2,13H2,1H3. The van der Waals surface area contributed by atoms with Crippen LogP contribution >= 0.6 is 11.8 Å². The summed E-state index contributed by atoms with van der Waals surface area (Å²) in [6.45, 7) is 1.51. The zero-order valence-corrected chi connectivity index (χ0v) is 19.8. The Kier molecular flexibility index (Phi) is 5.71. The van der Waals surface area contributed by atoms with Crippen molar-refractivity contribution in [2.24, 2.45) is 0 Å². The molecule has 0 saturated carbocycles. The minimum Gasteiger partial charge on any atom is -0.294 e. The molecule has 0 bridgehead atoms. The first-order valence-electron chi connectivity index (χ1n) is 10.5. The van der Waals surface area contributed by atoms with Crippen LogP contribution in [0.4, 0.5) is 17.6 Å². The fraction of sp³-hybridized carbons (Fsp3) is 0.167. The molecule has 11 heteroatoms. The van der Waals surface area contributed by atoms with Crippen molar-refractivity contribution in [3.8, 4) is 28.2 Å². The van der Waals surface area contributed by atoms with E-state index in [1.807, 2.05) is 0 Å². The number of rotatable bonds is 4. The van der Waals surface area contributed by atoms with Crippen molar-refractivity contribution in [3.63, 3.8) is 0 Å². The van der Waals surface area contributed by atoms with Gasteiger partial charge in [-0.15, -0.1) is 0 Å². The first-order chi connectivity index (χ1) is 16.6. The zero-order valence-electron chi connectivity index (χ0n) is 18.2. The van der Waals surface area contributed by atoms with Gasteiger partial charge in [0.2, 0.25) is 0 Å². The average molecular weight is 520 g/mol. The Labute approximate surface area is 202 Å². The highest BCUT2D eigenvalue weighted by Crippen LogP contribution is 2.42. The van der Waals surface area contributed by atoms with E-state index in [9.17, 15) is 26.0 Å². The Hall–Kier alpha value is -3.18. The number of imidazole rings is 1. The smallest absolute Gasteiger partial charge is 0.294 e. The second-order valence-corrected chi connectivity index (χ2v) is 11.0. The Morgan fingerprint density at radius 2 is 1.83 bits per heavy atom. The van der Waals surface area contributed by atoms with Crippen molar-refractivity contribution in [2.45, 2.75) is 28.9 Å². The number of sulfone groups is 1. The van der Waals surface area contributed by atoms with Crippen molar-refractivity contribution in [3.05, 3.63) is 77.9 Å². The SMILES string of the molecule is CCS(=O)(=O)c1cc(-c2ccc(F)cc2)cnc1-c1cn2c(n1)SCc1c-2cccc1C(F)(F)F. The summed E-state index contributed by atoms with van der Waals surface area (Å²) in [5.74, 6) is -0.526. The number of hydrogen-bond acceptors (Lipinski definition) is 5. The van der Waals surface area contributed by atoms with Crippen molar-refractivity contribution in [1.29, 1.82) is 0 Å². The Balaban J connectivity index is 1.66. The van der Waals surface area contributed by atoms with Crippen LogP contribution in [0.15, 0.2) is 71.0 Å². The summed E-state index contributed by atoms with van der Waals surface area (Å²) in [6, 6.07) is 11.0. The topological polar surface area (TPSA) is 64.8 Å². The molecule has 0 aliphatic carbocycles. The van der Waals surface area contributed by atoms with E-state index in [0.717, 1.165) is 17.8 Å². The highest BCUT2D eigenvalue weighted by atomic mass is 32.2. The molecule has 2 aromatic carbocycles. The molecule has 0 atom stereocenters. The largest absolute Gasteiger partial charge is 0.416 e. The third-order valence-corrected chi connectivity index (χ3v) is 8.44. The molecule has 180 valence electrons. The number of aromatic nitrogens is 3. The zero-order chi connectivity index (χ0) is 25.0. The van der Waals surface area contributed by atoms with Gasteiger partial charge in [-0.3, -0.25) is 9.55 Å². The molecule has 0 fully saturated rings. The Morgan fingerprint density at radius 1 is 1.09 bits per heavy atom. The van der Waals surface area contributed by atoms with Crippen molar-refractivity contribution < 1.29 is 26.0 Å². The van der Waals surface area contributed by atoms with E-state index in [-0.39, 0.29) is 33.4 Å². The second kappa shape index (κ2) is 8.49. The quantitative estimate of drug-likeness (QED) is 0.302. The lowest BCUT2D eigenvalue weighted by Crippen LogP contribution is -2.14. The molecule has 0 unspecified atom stereocenters. The predicted octanol–water partition coefficient (Wildman–Crippen LogP) is 6.16. The summed E-state index contributed by atoms with van der Waals surface area (Å²) in [6.07, 6.45) is -1.51. The average Bonchev–Trinajstić information content (AvgIpc) is 3.28. The molecule has 0 amide bonds. The van der Waals surface area contributed by atoms with Gasteiger partial charge in [-0.2, -0.15) is 13.2 Å². The second-order valence-electron chi connectivity index (χ2n) is 7.85. The molecule has 0 spiro atoms. The molecular formula is C24H17F4N3O2S2. The maximum absolute atomic E-state index is 13.5. The van der Waals surface area contributed by atoms with Gasteiger partial charge < -0.3 is 0 Å². The van der Waals surface area contributed by atoms with E-state index in [4.69, 9.17) is 0 Å². The monoisotopic (exact) mass is 519 g/mol. The Bertz CT molecular complexity index is 1550. The maximum Gasteiger partial charge on any atom is 0.416 e. The summed E-state index contributed by atoms with van der Waals surface area (Å²) < 4.78 is 81.3. The molecule has 0 saturated heterocycles. The van der Waals surface area contributed by atoms with Gasteiger partial charge >= 0.3 is 6.18 Å². The highest BCUT2D eigenvalue weighted by molar-refractivity contribution is 7.98. The van der Waals surface area contributed by atoms with Crippen LogP contribution in [0.25, 0.3) is 28.2 Å². The third-order valence-electron chi connectivity index (χ3n) is 5.72. The van der Waals surface area contributed by atoms with E-state index in [1.165, 1.54) is 60.3 Å². The molecule has 3 heterocycles. The fourth-order valence-electron chi connectivity index (χ4n) is 3.94. The van der Waals surface area contributed by atoms with Crippen molar-refractivity contribution in [1.82, 2.24) is 14.5 Å². The lowest BCUT2D eigenvalue weighted by atomic mass is 10.1. The molecule has 0 radical (unpaired) electrons. The number of hydrogen-bond donors (Lipinski definition) is 0. The van der Waals surface area contributed by atoms with Gasteiger partial charge in [-0.1, -0.05) is 36.9 Å². The van der Waals surface area contributed by atoms with Crippen LogP contribution in [0.3, 0.4) is 0 Å². The van der Waals surface area contributed by atoms with Gasteiger partial charge in [-0.25, -0.2) is 17.8 Å². The van der Waals surface area contributed by atoms with Gasteiger partial charge in [0.1, 0.15) is 17.2 Å². The van der Waals surface area contributed by atoms with Gasteiger partial charge in [0.25, 0.3) is 0 Å². The maximum atomic E-state index is 13.5. The molecule has 4 aromatic rings. The van der Waals surface area contributed by atoms with E-state index in [1.54, 1.807) is 6.07 Å². The van der Waals surface area contributed by atoms with Gasteiger partial charge in [0.05, 0.1) is 21.9 Å². The van der Waals surface area contributed by atoms with E-state index in [2.05, 4.69) is 9.97 Å². The van der Waals surface area contributed by atoms with Gasteiger partial charge in [-0.05, 0) is 41.5 Å². The van der Waals surface area contributed by atoms with E-state index < -0.39 is 27.4 Å². The summed E-state index contributed by atoms with van der Waals surface area (Å²) in [4.78, 5) is 8.83. The number of pyridine rings is 1. The van der Waals surface area contributed by atoms with Gasteiger partial charge in [0, 0.05) is 23.7 Å². The van der Waals surface area contributed by atoms with Crippen LogP contribution in [0.1, 0.15) is 18.1 Å². The van der Waals surface area contributed by atoms with E-state index >= 15 is 0 Å². The first-order valence-corrected chi connectivity index (χ1v) is 13.1. The van der Waals surface area contributed by atoms with E-state index in [0.29, 0.717) is 22.0 Å². The van der Waals surface area contributed by atoms with Crippen LogP contribution in [0, 0.1) is 5.82 Å². The first kappa shape index (κ1) is 23.6. The predicted molar refractivity (Wildman–Crippen MR) is 124 cm³/mol. The van der Waals surface area contributed by atoms with Crippen molar-refractivity contribution in [2.75, 3.05) is 5.75 Å². The molecule has 5 nitrogen and oxygen atoms in total. The summed E-state index contributed by atoms with van der Waals surface area (Å²) in [5, 5.41) is 0.441. The molecule has 2 aromatic heterocycles. The van der Waals surface area contributed by atoms with Crippen molar-refractivity contribution >= 4 is 21.6 Å². The van der Waals surface area contributed by atoms with Crippen LogP contribution in [0.5, 0.6) is 0 Å². The number of nitrogens with zero attached hydrogens (tertiary/aromatic N) is 3. The summed E-state index contributed by atoms with van der Waals surface area (Å²) in [5.41, 5.74) is 1.19. The van der Waals surface area contributed by atoms with Crippen LogP contribution < -0.4 is 0 Å². The summed E-state index contributed by atoms with van der Waals surface area (Å²) in [7, 11) is -3.75. The van der Waals surface area contributed by atoms with Crippen LogP contribution in [-0.2, 0) is 21.8 Å². The molecule has 1 aliphatic heterocycles. The lowest BCUT2D eigenvalue weighted by Gasteiger charge is -2.21. The highest BCUT2D eigenvalue weighted by Gasteiger charge is 2.36. The van der Waals surface area contributed by atoms with Gasteiger partial charge in [0.15, 0.2) is 15.0 Å². The lowest BCUT2D eigenvalue weighted by molar-refractivity contribution is -0.138. The Morgan fingerprint density at radius 3 is 2.51 bits per heavy atom. The number of alkyl halides is 3. The van der Waals surface area contributed by atoms with Crippen LogP contribution in [0.2, 0.25) is 0 Å². The summed E-state index contributed by atoms with van der Waals surface area (Å²) >= 11 is 1.14. The minimum absolute atomic E-state index is 0.0495. The molecule has 1 aliphatic rings. The molecule has 5 rings (SSSR count). The number of halogens is 4. The molecule has 35 heavy (non-hydrogen) atoms. The molecular weight excluding hydrogens is 502 g/mol.